The molecule has 6 nitrogen and oxygen atoms in total. The third-order valence-electron chi connectivity index (χ3n) is 5.04. The van der Waals surface area contributed by atoms with E-state index < -0.39 is 8.80 Å². The monoisotopic (exact) mass is 433 g/mol. The first-order valence-corrected chi connectivity index (χ1v) is 13.6. The first-order valence-electron chi connectivity index (χ1n) is 10.5. The van der Waals surface area contributed by atoms with Crippen molar-refractivity contribution in [2.24, 2.45) is 0 Å². The van der Waals surface area contributed by atoms with Crippen LogP contribution < -0.4 is 4.74 Å². The molecule has 0 amide bonds. The molecule has 0 aliphatic carbocycles. The lowest BCUT2D eigenvalue weighted by molar-refractivity contribution is 0.0801. The van der Waals surface area contributed by atoms with E-state index in [0.717, 1.165) is 40.3 Å². The molecular weight excluding hydrogens is 406 g/mol. The molecular formula is C24H27N3O3Si. The Balaban J connectivity index is 1.43. The van der Waals surface area contributed by atoms with Crippen molar-refractivity contribution in [3.8, 4) is 22.8 Å². The molecule has 0 radical (unpaired) electrons. The Morgan fingerprint density at radius 3 is 2.55 bits per heavy atom. The average Bonchev–Trinajstić information content (AvgIpc) is 3.25. The molecule has 0 aliphatic rings. The SMILES string of the molecule is C[SiH](C)CCOCn1nccc1-c1ccc(Oc2ccc3nc(CO)ccc3c2)cc1. The van der Waals surface area contributed by atoms with Crippen molar-refractivity contribution in [1.82, 2.24) is 14.8 Å². The van der Waals surface area contributed by atoms with E-state index in [9.17, 15) is 5.11 Å². The number of hydrogen-bond acceptors (Lipinski definition) is 5. The molecule has 2 aromatic carbocycles. The van der Waals surface area contributed by atoms with Gasteiger partial charge in [-0.05, 0) is 60.6 Å². The fraction of sp³-hybridized carbons (Fsp3) is 0.250. The van der Waals surface area contributed by atoms with E-state index in [4.69, 9.17) is 9.47 Å². The molecule has 0 unspecified atom stereocenters. The Morgan fingerprint density at radius 1 is 0.968 bits per heavy atom. The van der Waals surface area contributed by atoms with Crippen LogP contribution in [0.25, 0.3) is 22.2 Å². The maximum Gasteiger partial charge on any atom is 0.139 e. The van der Waals surface area contributed by atoms with Crippen LogP contribution in [-0.4, -0.2) is 35.3 Å². The van der Waals surface area contributed by atoms with E-state index in [2.05, 4.69) is 23.2 Å². The number of aliphatic hydroxyl groups excluding tert-OH is 1. The van der Waals surface area contributed by atoms with Gasteiger partial charge in [-0.2, -0.15) is 5.10 Å². The summed E-state index contributed by atoms with van der Waals surface area (Å²) in [6.07, 6.45) is 1.80. The topological polar surface area (TPSA) is 69.4 Å². The predicted molar refractivity (Wildman–Crippen MR) is 125 cm³/mol. The highest BCUT2D eigenvalue weighted by molar-refractivity contribution is 6.55. The Bertz CT molecular complexity index is 1140. The molecule has 160 valence electrons. The minimum atomic E-state index is -0.589. The van der Waals surface area contributed by atoms with Crippen molar-refractivity contribution >= 4 is 19.7 Å². The molecule has 0 saturated heterocycles. The van der Waals surface area contributed by atoms with Crippen molar-refractivity contribution in [3.05, 3.63) is 72.6 Å². The van der Waals surface area contributed by atoms with Crippen LogP contribution in [0.1, 0.15) is 5.69 Å². The molecule has 1 N–H and O–H groups in total. The number of ether oxygens (including phenoxy) is 2. The summed E-state index contributed by atoms with van der Waals surface area (Å²) in [7, 11) is -0.589. The largest absolute Gasteiger partial charge is 0.457 e. The third kappa shape index (κ3) is 5.38. The van der Waals surface area contributed by atoms with Gasteiger partial charge in [0.05, 0.1) is 23.5 Å². The molecule has 7 heteroatoms. The van der Waals surface area contributed by atoms with Crippen LogP contribution in [-0.2, 0) is 18.1 Å². The van der Waals surface area contributed by atoms with Gasteiger partial charge in [0.25, 0.3) is 0 Å². The van der Waals surface area contributed by atoms with Crippen molar-refractivity contribution in [2.75, 3.05) is 6.61 Å². The molecule has 2 heterocycles. The lowest BCUT2D eigenvalue weighted by Crippen LogP contribution is -2.10. The summed E-state index contributed by atoms with van der Waals surface area (Å²) in [6.45, 7) is 5.84. The van der Waals surface area contributed by atoms with Gasteiger partial charge in [0, 0.05) is 32.6 Å². The Hall–Kier alpha value is -3.00. The summed E-state index contributed by atoms with van der Waals surface area (Å²) >= 11 is 0. The molecule has 0 aliphatic heterocycles. The van der Waals surface area contributed by atoms with Gasteiger partial charge in [-0.1, -0.05) is 19.2 Å². The summed E-state index contributed by atoms with van der Waals surface area (Å²) in [5, 5.41) is 14.6. The fourth-order valence-corrected chi connectivity index (χ4v) is 3.92. The number of pyridine rings is 1. The maximum atomic E-state index is 9.23. The predicted octanol–water partition coefficient (Wildman–Crippen LogP) is 4.84. The first kappa shape index (κ1) is 21.2. The van der Waals surface area contributed by atoms with Gasteiger partial charge >= 0.3 is 0 Å². The summed E-state index contributed by atoms with van der Waals surface area (Å²) in [5.41, 5.74) is 3.57. The molecule has 0 fully saturated rings. The quantitative estimate of drug-likeness (QED) is 0.302. The highest BCUT2D eigenvalue weighted by atomic mass is 28.3. The molecule has 0 spiro atoms. The lowest BCUT2D eigenvalue weighted by Gasteiger charge is -2.11. The fourth-order valence-electron chi connectivity index (χ4n) is 3.28. The van der Waals surface area contributed by atoms with Crippen LogP contribution in [0, 0.1) is 0 Å². The second-order valence-electron chi connectivity index (χ2n) is 7.88. The average molecular weight is 434 g/mol. The number of aromatic nitrogens is 3. The molecule has 2 aromatic heterocycles. The van der Waals surface area contributed by atoms with E-state index in [1.807, 2.05) is 65.3 Å². The molecule has 0 bridgehead atoms. The third-order valence-corrected chi connectivity index (χ3v) is 6.43. The summed E-state index contributed by atoms with van der Waals surface area (Å²) < 4.78 is 13.7. The van der Waals surface area contributed by atoms with Gasteiger partial charge in [0.1, 0.15) is 18.2 Å². The van der Waals surface area contributed by atoms with E-state index in [1.54, 1.807) is 6.20 Å². The Morgan fingerprint density at radius 2 is 1.77 bits per heavy atom. The van der Waals surface area contributed by atoms with Crippen LogP contribution in [0.2, 0.25) is 19.1 Å². The van der Waals surface area contributed by atoms with E-state index in [-0.39, 0.29) is 6.61 Å². The van der Waals surface area contributed by atoms with Crippen LogP contribution >= 0.6 is 0 Å². The van der Waals surface area contributed by atoms with Crippen LogP contribution in [0.4, 0.5) is 0 Å². The Labute approximate surface area is 183 Å². The highest BCUT2D eigenvalue weighted by Crippen LogP contribution is 2.28. The van der Waals surface area contributed by atoms with Crippen LogP contribution in [0.15, 0.2) is 66.9 Å². The van der Waals surface area contributed by atoms with Gasteiger partial charge in [-0.15, -0.1) is 0 Å². The van der Waals surface area contributed by atoms with Crippen molar-refractivity contribution < 1.29 is 14.6 Å². The molecule has 4 aromatic rings. The first-order chi connectivity index (χ1) is 15.1. The lowest BCUT2D eigenvalue weighted by atomic mass is 10.1. The number of rotatable bonds is 9. The van der Waals surface area contributed by atoms with E-state index >= 15 is 0 Å². The number of nitrogens with zero attached hydrogens (tertiary/aromatic N) is 3. The summed E-state index contributed by atoms with van der Waals surface area (Å²) in [4.78, 5) is 4.40. The number of hydrogen-bond donors (Lipinski definition) is 1. The van der Waals surface area contributed by atoms with E-state index in [0.29, 0.717) is 12.4 Å². The molecule has 0 atom stereocenters. The van der Waals surface area contributed by atoms with Gasteiger partial charge in [0.15, 0.2) is 0 Å². The van der Waals surface area contributed by atoms with Crippen molar-refractivity contribution in [2.45, 2.75) is 32.5 Å². The second kappa shape index (κ2) is 9.87. The molecule has 31 heavy (non-hydrogen) atoms. The smallest absolute Gasteiger partial charge is 0.139 e. The van der Waals surface area contributed by atoms with Gasteiger partial charge in [-0.25, -0.2) is 4.68 Å². The van der Waals surface area contributed by atoms with Crippen LogP contribution in [0.5, 0.6) is 11.5 Å². The zero-order valence-corrected chi connectivity index (χ0v) is 19.0. The standard InChI is InChI=1S/C24H27N3O3Si/c1-31(2)14-13-29-17-27-24(11-12-25-27)18-4-7-21(8-5-18)30-22-9-10-23-19(15-22)3-6-20(16-28)26-23/h3-12,15,28,31H,13-14,16-17H2,1-2H3. The van der Waals surface area contributed by atoms with Crippen molar-refractivity contribution in [3.63, 3.8) is 0 Å². The number of benzene rings is 2. The van der Waals surface area contributed by atoms with Crippen molar-refractivity contribution in [1.29, 1.82) is 0 Å². The highest BCUT2D eigenvalue weighted by Gasteiger charge is 2.07. The van der Waals surface area contributed by atoms with Crippen LogP contribution in [0.3, 0.4) is 0 Å². The van der Waals surface area contributed by atoms with Gasteiger partial charge in [-0.3, -0.25) is 4.98 Å². The van der Waals surface area contributed by atoms with E-state index in [1.165, 1.54) is 6.04 Å². The molecule has 4 rings (SSSR count). The Kier molecular flexibility index (Phi) is 6.76. The summed E-state index contributed by atoms with van der Waals surface area (Å²) in [6, 6.07) is 20.6. The minimum absolute atomic E-state index is 0.0644. The number of aliphatic hydroxyl groups is 1. The number of fused-ring (bicyclic) bond motifs is 1. The zero-order valence-electron chi connectivity index (χ0n) is 17.9. The summed E-state index contributed by atoms with van der Waals surface area (Å²) in [5.74, 6) is 1.50. The van der Waals surface area contributed by atoms with Gasteiger partial charge in [0.2, 0.25) is 0 Å². The molecule has 0 saturated carbocycles. The zero-order chi connectivity index (χ0) is 21.6. The van der Waals surface area contributed by atoms with Gasteiger partial charge < -0.3 is 14.6 Å². The maximum absolute atomic E-state index is 9.23. The normalized spacial score (nSPS) is 11.4. The second-order valence-corrected chi connectivity index (χ2v) is 11.2. The minimum Gasteiger partial charge on any atom is -0.457 e.